The third-order valence-electron chi connectivity index (χ3n) is 5.68. The topological polar surface area (TPSA) is 60.2 Å². The zero-order valence-electron chi connectivity index (χ0n) is 12.4. The molecule has 0 amide bonds. The smallest absolute Gasteiger partial charge is 0.255 e. The maximum absolute atomic E-state index is 12.9. The lowest BCUT2D eigenvalue weighted by Gasteiger charge is -2.73. The fraction of sp³-hybridized carbons (Fsp3) is 0.562. The second kappa shape index (κ2) is 4.14. The molecule has 22 heavy (non-hydrogen) atoms. The summed E-state index contributed by atoms with van der Waals surface area (Å²) in [6, 6.07) is 7.65. The van der Waals surface area contributed by atoms with Gasteiger partial charge in [-0.1, -0.05) is 17.3 Å². The number of para-hydroxylation sites is 1. The highest BCUT2D eigenvalue weighted by Gasteiger charge is 2.73. The molecule has 3 saturated carbocycles. The number of rotatable bonds is 2. The second-order valence-corrected chi connectivity index (χ2v) is 6.93. The summed E-state index contributed by atoms with van der Waals surface area (Å²) in [6.45, 7) is 3.62. The van der Waals surface area contributed by atoms with Crippen LogP contribution >= 0.6 is 0 Å². The van der Waals surface area contributed by atoms with E-state index in [4.69, 9.17) is 4.74 Å². The zero-order chi connectivity index (χ0) is 14.8. The summed E-state index contributed by atoms with van der Waals surface area (Å²) in [5, 5.41) is 8.19. The molecule has 4 fully saturated rings. The van der Waals surface area contributed by atoms with E-state index in [1.165, 1.54) is 4.68 Å². The number of benzene rings is 1. The lowest BCUT2D eigenvalue weighted by Crippen LogP contribution is -2.78. The number of hydrogen-bond donors (Lipinski definition) is 0. The number of nitrogens with zero attached hydrogens (tertiary/aromatic N) is 4. The quantitative estimate of drug-likeness (QED) is 0.837. The van der Waals surface area contributed by atoms with Crippen molar-refractivity contribution in [2.45, 2.75) is 24.8 Å². The van der Waals surface area contributed by atoms with E-state index in [-0.39, 0.29) is 16.9 Å². The van der Waals surface area contributed by atoms with E-state index in [0.717, 1.165) is 56.6 Å². The lowest BCUT2D eigenvalue weighted by molar-refractivity contribution is -0.208. The minimum atomic E-state index is -0.200. The molecule has 2 aromatic rings. The first-order valence-electron chi connectivity index (χ1n) is 7.91. The van der Waals surface area contributed by atoms with E-state index in [1.54, 1.807) is 0 Å². The van der Waals surface area contributed by atoms with Gasteiger partial charge in [-0.3, -0.25) is 9.69 Å². The molecule has 2 bridgehead atoms. The van der Waals surface area contributed by atoms with Crippen molar-refractivity contribution in [2.24, 2.45) is 5.41 Å². The van der Waals surface area contributed by atoms with Crippen LogP contribution in [0.1, 0.15) is 24.1 Å². The summed E-state index contributed by atoms with van der Waals surface area (Å²) in [6.07, 6.45) is 2.90. The highest BCUT2D eigenvalue weighted by atomic mass is 16.5. The predicted octanol–water partition coefficient (Wildman–Crippen LogP) is 1.33. The molecule has 6 heteroatoms. The second-order valence-electron chi connectivity index (χ2n) is 6.93. The van der Waals surface area contributed by atoms with Crippen molar-refractivity contribution in [1.29, 1.82) is 0 Å². The minimum absolute atomic E-state index is 0.122. The number of morpholine rings is 1. The third kappa shape index (κ3) is 1.49. The molecule has 1 aromatic carbocycles. The van der Waals surface area contributed by atoms with Gasteiger partial charge in [-0.2, -0.15) is 4.68 Å². The maximum Gasteiger partial charge on any atom is 0.255 e. The Hall–Kier alpha value is -1.79. The molecule has 2 heterocycles. The number of carbonyl (C=O) groups is 1. The van der Waals surface area contributed by atoms with E-state index in [1.807, 2.05) is 24.3 Å². The summed E-state index contributed by atoms with van der Waals surface area (Å²) in [5.41, 5.74) is 1.66. The van der Waals surface area contributed by atoms with E-state index in [9.17, 15) is 4.79 Å². The van der Waals surface area contributed by atoms with Gasteiger partial charge in [0.15, 0.2) is 0 Å². The number of ether oxygens (including phenoxy) is 1. The summed E-state index contributed by atoms with van der Waals surface area (Å²) in [5.74, 6) is 0.122. The lowest BCUT2D eigenvalue weighted by atomic mass is 9.38. The van der Waals surface area contributed by atoms with Crippen molar-refractivity contribution < 1.29 is 9.53 Å². The van der Waals surface area contributed by atoms with Crippen molar-refractivity contribution in [3.63, 3.8) is 0 Å². The summed E-state index contributed by atoms with van der Waals surface area (Å²) in [4.78, 5) is 15.4. The van der Waals surface area contributed by atoms with Crippen molar-refractivity contribution in [1.82, 2.24) is 19.9 Å². The Morgan fingerprint density at radius 2 is 1.86 bits per heavy atom. The van der Waals surface area contributed by atoms with E-state index < -0.39 is 0 Å². The molecule has 0 unspecified atom stereocenters. The number of hydrogen-bond acceptors (Lipinski definition) is 5. The van der Waals surface area contributed by atoms with Gasteiger partial charge in [-0.15, -0.1) is 5.10 Å². The highest BCUT2D eigenvalue weighted by Crippen LogP contribution is 2.70. The molecule has 114 valence electrons. The first kappa shape index (κ1) is 12.7. The van der Waals surface area contributed by atoms with E-state index >= 15 is 0 Å². The predicted molar refractivity (Wildman–Crippen MR) is 79.6 cm³/mol. The van der Waals surface area contributed by atoms with Gasteiger partial charge in [0.1, 0.15) is 5.52 Å². The molecular formula is C16H18N4O2. The van der Waals surface area contributed by atoms with Crippen molar-refractivity contribution in [3.8, 4) is 0 Å². The normalized spacial score (nSPS) is 34.2. The van der Waals surface area contributed by atoms with Crippen molar-refractivity contribution in [3.05, 3.63) is 24.3 Å². The van der Waals surface area contributed by atoms with Gasteiger partial charge in [-0.25, -0.2) is 0 Å². The first-order valence-corrected chi connectivity index (χ1v) is 7.91. The molecule has 0 N–H and O–H groups in total. The van der Waals surface area contributed by atoms with Gasteiger partial charge in [0.05, 0.1) is 24.1 Å². The van der Waals surface area contributed by atoms with Gasteiger partial charge in [0.2, 0.25) is 0 Å². The molecule has 0 atom stereocenters. The highest BCUT2D eigenvalue weighted by molar-refractivity contribution is 5.94. The Balaban J connectivity index is 1.38. The Kier molecular flexibility index (Phi) is 2.40. The Morgan fingerprint density at radius 1 is 1.14 bits per heavy atom. The van der Waals surface area contributed by atoms with Crippen LogP contribution in [0.25, 0.3) is 11.0 Å². The number of fused-ring (bicyclic) bond motifs is 1. The first-order chi connectivity index (χ1) is 10.7. The average molecular weight is 298 g/mol. The largest absolute Gasteiger partial charge is 0.379 e. The van der Waals surface area contributed by atoms with E-state index in [0.29, 0.717) is 0 Å². The standard InChI is InChI=1S/C16H18N4O2/c21-14(20-13-4-2-1-3-12(13)17-18-20)15-9-16(10-15,11-15)19-5-7-22-8-6-19/h1-4H,5-11H2. The fourth-order valence-electron chi connectivity index (χ4n) is 4.58. The molecule has 4 aliphatic rings. The zero-order valence-corrected chi connectivity index (χ0v) is 12.4. The molecule has 6 rings (SSSR count). The van der Waals surface area contributed by atoms with Gasteiger partial charge < -0.3 is 4.74 Å². The summed E-state index contributed by atoms with van der Waals surface area (Å²) < 4.78 is 6.94. The number of aromatic nitrogens is 3. The maximum atomic E-state index is 12.9. The van der Waals surface area contributed by atoms with Crippen LogP contribution in [-0.4, -0.2) is 57.6 Å². The van der Waals surface area contributed by atoms with Crippen LogP contribution in [0.15, 0.2) is 24.3 Å². The Bertz CT molecular complexity index is 743. The summed E-state index contributed by atoms with van der Waals surface area (Å²) in [7, 11) is 0. The van der Waals surface area contributed by atoms with Gasteiger partial charge in [0.25, 0.3) is 5.91 Å². The third-order valence-corrected chi connectivity index (χ3v) is 5.68. The Morgan fingerprint density at radius 3 is 2.64 bits per heavy atom. The molecule has 1 aromatic heterocycles. The average Bonchev–Trinajstić information content (AvgIpc) is 2.89. The Labute approximate surface area is 128 Å². The van der Waals surface area contributed by atoms with Crippen LogP contribution in [0, 0.1) is 5.41 Å². The minimum Gasteiger partial charge on any atom is -0.379 e. The molecule has 1 aliphatic heterocycles. The van der Waals surface area contributed by atoms with E-state index in [2.05, 4.69) is 15.2 Å². The summed E-state index contributed by atoms with van der Waals surface area (Å²) >= 11 is 0. The monoisotopic (exact) mass is 298 g/mol. The fourth-order valence-corrected chi connectivity index (χ4v) is 4.58. The molecule has 6 nitrogen and oxygen atoms in total. The van der Waals surface area contributed by atoms with Gasteiger partial charge in [-0.05, 0) is 31.4 Å². The van der Waals surface area contributed by atoms with Crippen LogP contribution in [0.3, 0.4) is 0 Å². The molecule has 3 aliphatic carbocycles. The number of carbonyl (C=O) groups excluding carboxylic acids is 1. The molecule has 0 spiro atoms. The van der Waals surface area contributed by atoms with Crippen molar-refractivity contribution in [2.75, 3.05) is 26.3 Å². The van der Waals surface area contributed by atoms with Crippen LogP contribution in [0.2, 0.25) is 0 Å². The molecule has 0 radical (unpaired) electrons. The van der Waals surface area contributed by atoms with Crippen LogP contribution < -0.4 is 0 Å². The molecule has 1 saturated heterocycles. The van der Waals surface area contributed by atoms with Gasteiger partial charge in [0, 0.05) is 18.6 Å². The van der Waals surface area contributed by atoms with Crippen LogP contribution in [0.4, 0.5) is 0 Å². The molecular weight excluding hydrogens is 280 g/mol. The van der Waals surface area contributed by atoms with Crippen molar-refractivity contribution >= 4 is 16.9 Å². The van der Waals surface area contributed by atoms with Crippen LogP contribution in [0.5, 0.6) is 0 Å². The van der Waals surface area contributed by atoms with Gasteiger partial charge >= 0.3 is 0 Å². The SMILES string of the molecule is O=C(n1nnc2ccccc21)C12CC(N3CCOCC3)(C1)C2. The van der Waals surface area contributed by atoms with Crippen LogP contribution in [-0.2, 0) is 4.74 Å².